The summed E-state index contributed by atoms with van der Waals surface area (Å²) in [5.41, 5.74) is 7.61. The van der Waals surface area contributed by atoms with Gasteiger partial charge in [0.1, 0.15) is 0 Å². The third-order valence-corrected chi connectivity index (χ3v) is 7.82. The number of pyridine rings is 1. The van der Waals surface area contributed by atoms with E-state index in [1.807, 2.05) is 79.7 Å². The summed E-state index contributed by atoms with van der Waals surface area (Å²) in [7, 11) is 0. The smallest absolute Gasteiger partial charge is 0.255 e. The molecule has 230 valence electrons. The van der Waals surface area contributed by atoms with Gasteiger partial charge >= 0.3 is 0 Å². The Kier molecular flexibility index (Phi) is 9.17. The highest BCUT2D eigenvalue weighted by molar-refractivity contribution is 6.04. The molecular weight excluding hydrogens is 578 g/mol. The molecule has 3 heterocycles. The molecule has 0 radical (unpaired) electrons. The Bertz CT molecular complexity index is 1880. The van der Waals surface area contributed by atoms with E-state index in [2.05, 4.69) is 36.2 Å². The van der Waals surface area contributed by atoms with E-state index in [0.717, 1.165) is 39.2 Å². The Hall–Kier alpha value is -5.74. The highest BCUT2D eigenvalue weighted by Gasteiger charge is 2.27. The van der Waals surface area contributed by atoms with Gasteiger partial charge in [0.05, 0.1) is 11.6 Å². The fraction of sp³-hybridized carbons (Fsp3) is 0.167. The summed E-state index contributed by atoms with van der Waals surface area (Å²) in [6.45, 7) is 3.20. The molecule has 46 heavy (non-hydrogen) atoms. The number of imide groups is 1. The van der Waals surface area contributed by atoms with Crippen LogP contribution in [0.3, 0.4) is 0 Å². The minimum Gasteiger partial charge on any atom is -0.324 e. The van der Waals surface area contributed by atoms with E-state index in [1.54, 1.807) is 30.7 Å². The Labute approximate surface area is 266 Å². The number of benzene rings is 3. The fourth-order valence-corrected chi connectivity index (χ4v) is 5.31. The van der Waals surface area contributed by atoms with Crippen LogP contribution in [0, 0.1) is 6.92 Å². The molecule has 4 N–H and O–H groups in total. The average Bonchev–Trinajstić information content (AvgIpc) is 3.07. The van der Waals surface area contributed by atoms with Gasteiger partial charge in [-0.2, -0.15) is 0 Å². The van der Waals surface area contributed by atoms with Crippen molar-refractivity contribution in [3.63, 3.8) is 0 Å². The van der Waals surface area contributed by atoms with Crippen LogP contribution in [-0.4, -0.2) is 32.7 Å². The van der Waals surface area contributed by atoms with E-state index in [4.69, 9.17) is 0 Å². The summed E-state index contributed by atoms with van der Waals surface area (Å²) in [6, 6.07) is 26.6. The number of hydrogen-bond acceptors (Lipinski definition) is 8. The second kappa shape index (κ2) is 13.9. The number of aromatic nitrogens is 3. The molecule has 10 nitrogen and oxygen atoms in total. The Balaban J connectivity index is 1.03. The molecule has 1 saturated heterocycles. The highest BCUT2D eigenvalue weighted by Crippen LogP contribution is 2.26. The molecule has 1 aliphatic rings. The van der Waals surface area contributed by atoms with Crippen molar-refractivity contribution in [1.82, 2.24) is 25.6 Å². The summed E-state index contributed by atoms with van der Waals surface area (Å²) in [5, 5.41) is 12.1. The van der Waals surface area contributed by atoms with Crippen LogP contribution in [0.1, 0.15) is 51.4 Å². The standard InChI is InChI=1S/C36H33N7O3/c1-23-7-12-29(19-32(23)42-36-39-17-15-31(41-36)28-6-3-16-37-22-28)40-34(45)26-10-8-24(9-11-26)20-38-21-25-4-2-5-27(18-25)30-13-14-33(44)43-35(30)46/h2-12,15-19,22,30,38H,13-14,20-21H2,1H3,(H,40,45)(H,39,41,42)(H,43,44,46). The van der Waals surface area contributed by atoms with E-state index < -0.39 is 0 Å². The van der Waals surface area contributed by atoms with Crippen LogP contribution in [0.5, 0.6) is 0 Å². The number of nitrogens with one attached hydrogen (secondary N) is 4. The van der Waals surface area contributed by atoms with Crippen molar-refractivity contribution in [2.75, 3.05) is 10.6 Å². The van der Waals surface area contributed by atoms with Crippen LogP contribution < -0.4 is 21.3 Å². The van der Waals surface area contributed by atoms with Gasteiger partial charge in [-0.25, -0.2) is 9.97 Å². The number of hydrogen-bond donors (Lipinski definition) is 4. The van der Waals surface area contributed by atoms with Crippen LogP contribution >= 0.6 is 0 Å². The zero-order valence-electron chi connectivity index (χ0n) is 25.3. The third-order valence-electron chi connectivity index (χ3n) is 7.82. The van der Waals surface area contributed by atoms with Gasteiger partial charge in [-0.3, -0.25) is 24.7 Å². The van der Waals surface area contributed by atoms with Crippen molar-refractivity contribution < 1.29 is 14.4 Å². The molecule has 0 bridgehead atoms. The van der Waals surface area contributed by atoms with Crippen molar-refractivity contribution >= 4 is 35.0 Å². The van der Waals surface area contributed by atoms with E-state index in [0.29, 0.717) is 43.1 Å². The van der Waals surface area contributed by atoms with Gasteiger partial charge in [0, 0.05) is 60.6 Å². The molecule has 0 aliphatic carbocycles. The number of rotatable bonds is 10. The maximum atomic E-state index is 13.1. The normalized spacial score (nSPS) is 14.4. The van der Waals surface area contributed by atoms with Crippen molar-refractivity contribution in [3.05, 3.63) is 131 Å². The first-order valence-electron chi connectivity index (χ1n) is 15.1. The van der Waals surface area contributed by atoms with Crippen LogP contribution in [-0.2, 0) is 22.7 Å². The topological polar surface area (TPSA) is 138 Å². The Morgan fingerprint density at radius 3 is 2.57 bits per heavy atom. The monoisotopic (exact) mass is 611 g/mol. The Morgan fingerprint density at radius 2 is 1.76 bits per heavy atom. The molecule has 1 atom stereocenters. The van der Waals surface area contributed by atoms with Gasteiger partial charge in [0.2, 0.25) is 17.8 Å². The van der Waals surface area contributed by atoms with Gasteiger partial charge in [-0.1, -0.05) is 42.5 Å². The zero-order chi connectivity index (χ0) is 31.9. The maximum Gasteiger partial charge on any atom is 0.255 e. The summed E-state index contributed by atoms with van der Waals surface area (Å²) in [6.07, 6.45) is 6.05. The number of carbonyl (C=O) groups is 3. The molecule has 3 amide bonds. The molecule has 0 spiro atoms. The minimum atomic E-state index is -0.303. The summed E-state index contributed by atoms with van der Waals surface area (Å²) < 4.78 is 0. The van der Waals surface area contributed by atoms with Crippen molar-refractivity contribution in [1.29, 1.82) is 0 Å². The highest BCUT2D eigenvalue weighted by atomic mass is 16.2. The van der Waals surface area contributed by atoms with Crippen LogP contribution in [0.25, 0.3) is 11.3 Å². The lowest BCUT2D eigenvalue weighted by Gasteiger charge is -2.21. The van der Waals surface area contributed by atoms with E-state index in [1.165, 1.54) is 0 Å². The number of amides is 3. The molecule has 10 heteroatoms. The lowest BCUT2D eigenvalue weighted by Crippen LogP contribution is -2.39. The van der Waals surface area contributed by atoms with Crippen LogP contribution in [0.15, 0.2) is 104 Å². The number of anilines is 3. The van der Waals surface area contributed by atoms with Gasteiger partial charge < -0.3 is 16.0 Å². The molecule has 0 saturated carbocycles. The maximum absolute atomic E-state index is 13.1. The van der Waals surface area contributed by atoms with Gasteiger partial charge in [0.25, 0.3) is 5.91 Å². The van der Waals surface area contributed by atoms with E-state index >= 15 is 0 Å². The number of piperidine rings is 1. The summed E-state index contributed by atoms with van der Waals surface area (Å²) in [5.74, 6) is -0.519. The fourth-order valence-electron chi connectivity index (χ4n) is 5.31. The predicted molar refractivity (Wildman–Crippen MR) is 176 cm³/mol. The molecule has 1 aliphatic heterocycles. The molecule has 6 rings (SSSR count). The quantitative estimate of drug-likeness (QED) is 0.149. The lowest BCUT2D eigenvalue weighted by atomic mass is 9.89. The number of nitrogens with zero attached hydrogens (tertiary/aromatic N) is 3. The second-order valence-corrected chi connectivity index (χ2v) is 11.2. The van der Waals surface area contributed by atoms with Gasteiger partial charge in [0.15, 0.2) is 0 Å². The average molecular weight is 612 g/mol. The van der Waals surface area contributed by atoms with E-state index in [9.17, 15) is 14.4 Å². The SMILES string of the molecule is Cc1ccc(NC(=O)c2ccc(CNCc3cccc(C4CCC(=O)NC4=O)c3)cc2)cc1Nc1nccc(-c2cccnc2)n1. The molecule has 3 aromatic carbocycles. The first-order valence-corrected chi connectivity index (χ1v) is 15.1. The minimum absolute atomic E-state index is 0.213. The van der Waals surface area contributed by atoms with Gasteiger partial charge in [-0.15, -0.1) is 0 Å². The zero-order valence-corrected chi connectivity index (χ0v) is 25.3. The van der Waals surface area contributed by atoms with Gasteiger partial charge in [-0.05, 0) is 78.1 Å². The number of aryl methyl sites for hydroxylation is 1. The van der Waals surface area contributed by atoms with Crippen molar-refractivity contribution in [3.8, 4) is 11.3 Å². The summed E-state index contributed by atoms with van der Waals surface area (Å²) >= 11 is 0. The number of carbonyl (C=O) groups excluding carboxylic acids is 3. The predicted octanol–water partition coefficient (Wildman–Crippen LogP) is 5.65. The molecule has 5 aromatic rings. The third kappa shape index (κ3) is 7.48. The van der Waals surface area contributed by atoms with Crippen molar-refractivity contribution in [2.24, 2.45) is 0 Å². The largest absolute Gasteiger partial charge is 0.324 e. The molecular formula is C36H33N7O3. The van der Waals surface area contributed by atoms with Crippen LogP contribution in [0.4, 0.5) is 17.3 Å². The van der Waals surface area contributed by atoms with E-state index in [-0.39, 0.29) is 23.6 Å². The van der Waals surface area contributed by atoms with Crippen molar-refractivity contribution in [2.45, 2.75) is 38.8 Å². The Morgan fingerprint density at radius 1 is 0.913 bits per heavy atom. The molecule has 2 aromatic heterocycles. The first-order chi connectivity index (χ1) is 22.4. The lowest BCUT2D eigenvalue weighted by molar-refractivity contribution is -0.134. The summed E-state index contributed by atoms with van der Waals surface area (Å²) in [4.78, 5) is 49.9. The molecule has 1 unspecified atom stereocenters. The van der Waals surface area contributed by atoms with Crippen LogP contribution in [0.2, 0.25) is 0 Å². The first kappa shape index (κ1) is 30.3. The molecule has 1 fully saturated rings. The second-order valence-electron chi connectivity index (χ2n) is 11.2.